The van der Waals surface area contributed by atoms with Crippen LogP contribution in [0.1, 0.15) is 28.4 Å². The monoisotopic (exact) mass is 568 g/mol. The van der Waals surface area contributed by atoms with Crippen LogP contribution in [0.2, 0.25) is 5.02 Å². The van der Waals surface area contributed by atoms with Crippen molar-refractivity contribution < 1.29 is 23.9 Å². The Morgan fingerprint density at radius 3 is 2.56 bits per heavy atom. The van der Waals surface area contributed by atoms with Gasteiger partial charge < -0.3 is 15.0 Å². The molecule has 3 aliphatic rings. The molecule has 0 unspecified atom stereocenters. The first-order valence-electron chi connectivity index (χ1n) is 13.4. The van der Waals surface area contributed by atoms with E-state index in [0.29, 0.717) is 33.9 Å². The van der Waals surface area contributed by atoms with E-state index in [9.17, 15) is 19.2 Å². The normalized spacial score (nSPS) is 24.7. The van der Waals surface area contributed by atoms with Crippen LogP contribution in [0.3, 0.4) is 0 Å². The summed E-state index contributed by atoms with van der Waals surface area (Å²) >= 11 is 6.46. The van der Waals surface area contributed by atoms with Crippen molar-refractivity contribution in [2.45, 2.75) is 24.9 Å². The number of carbonyl (C=O) groups excluding carboxylic acids is 4. The summed E-state index contributed by atoms with van der Waals surface area (Å²) in [6.07, 6.45) is 2.31. The smallest absolute Gasteiger partial charge is 0.338 e. The van der Waals surface area contributed by atoms with E-state index in [1.54, 1.807) is 37.3 Å². The number of benzene rings is 3. The van der Waals surface area contributed by atoms with Gasteiger partial charge in [0.15, 0.2) is 0 Å². The molecule has 4 aromatic rings. The van der Waals surface area contributed by atoms with E-state index in [0.717, 1.165) is 21.4 Å². The van der Waals surface area contributed by atoms with Crippen molar-refractivity contribution in [1.29, 1.82) is 0 Å². The largest absolute Gasteiger partial charge is 0.462 e. The Hall–Kier alpha value is -4.47. The molecule has 41 heavy (non-hydrogen) atoms. The summed E-state index contributed by atoms with van der Waals surface area (Å²) in [5, 5.41) is 7.69. The van der Waals surface area contributed by atoms with Crippen LogP contribution in [0, 0.1) is 11.8 Å². The number of para-hydroxylation sites is 2. The minimum absolute atomic E-state index is 0.230. The van der Waals surface area contributed by atoms with E-state index >= 15 is 0 Å². The van der Waals surface area contributed by atoms with Crippen molar-refractivity contribution in [3.63, 3.8) is 0 Å². The van der Waals surface area contributed by atoms with Crippen molar-refractivity contribution >= 4 is 57.6 Å². The molecule has 3 amide bonds. The number of nitrogens with one attached hydrogen (secondary N) is 3. The molecular formula is C31H25ClN4O5. The summed E-state index contributed by atoms with van der Waals surface area (Å²) in [6.45, 7) is 1.95. The van der Waals surface area contributed by atoms with Crippen LogP contribution in [0.25, 0.3) is 10.9 Å². The molecule has 1 spiro atoms. The number of fused-ring (bicyclic) bond motifs is 5. The zero-order chi connectivity index (χ0) is 28.5. The number of rotatable bonds is 5. The maximum Gasteiger partial charge on any atom is 0.338 e. The third kappa shape index (κ3) is 3.59. The van der Waals surface area contributed by atoms with Crippen LogP contribution in [-0.4, -0.2) is 41.3 Å². The number of esters is 1. The van der Waals surface area contributed by atoms with E-state index < -0.39 is 47.1 Å². The fraction of sp³-hybridized carbons (Fsp3) is 0.226. The molecule has 2 fully saturated rings. The number of imide groups is 1. The molecule has 3 aromatic carbocycles. The molecule has 0 radical (unpaired) electrons. The predicted octanol–water partition coefficient (Wildman–Crippen LogP) is 4.17. The van der Waals surface area contributed by atoms with Gasteiger partial charge in [-0.2, -0.15) is 0 Å². The second kappa shape index (κ2) is 9.29. The van der Waals surface area contributed by atoms with Gasteiger partial charge in [0.25, 0.3) is 0 Å². The fourth-order valence-corrected chi connectivity index (χ4v) is 6.94. The number of anilines is 2. The Balaban J connectivity index is 1.33. The van der Waals surface area contributed by atoms with Crippen molar-refractivity contribution in [3.8, 4) is 0 Å². The van der Waals surface area contributed by atoms with E-state index in [2.05, 4.69) is 15.6 Å². The van der Waals surface area contributed by atoms with E-state index in [1.165, 1.54) is 12.1 Å². The second-order valence-electron chi connectivity index (χ2n) is 10.5. The number of amides is 3. The number of ether oxygens (including phenoxy) is 1. The minimum atomic E-state index is -1.48. The van der Waals surface area contributed by atoms with Crippen molar-refractivity contribution in [3.05, 3.63) is 94.6 Å². The third-order valence-electron chi connectivity index (χ3n) is 8.45. The summed E-state index contributed by atoms with van der Waals surface area (Å²) in [4.78, 5) is 58.8. The van der Waals surface area contributed by atoms with Crippen molar-refractivity contribution in [1.82, 2.24) is 10.3 Å². The Bertz CT molecular complexity index is 1770. The molecule has 2 saturated heterocycles. The van der Waals surface area contributed by atoms with Crippen LogP contribution in [0.15, 0.2) is 72.9 Å². The number of hydrogen-bond donors (Lipinski definition) is 3. The quantitative estimate of drug-likeness (QED) is 0.245. The zero-order valence-electron chi connectivity index (χ0n) is 21.9. The standard InChI is InChI=1S/C31H25ClN4O5/c1-2-41-29(39)16-10-12-18(13-11-16)36-27(37)24-23(14-17-15-33-22-9-4-3-6-19(17)22)35-31(25(24)28(36)38)20-7-5-8-21(32)26(20)34-30(31)40/h3-13,15,23-25,33,35H,2,14H2,1H3,(H,34,40)/t23-,24-,25+,31-/m1/s1. The molecule has 3 N–H and O–H groups in total. The van der Waals surface area contributed by atoms with E-state index in [-0.39, 0.29) is 6.61 Å². The summed E-state index contributed by atoms with van der Waals surface area (Å²) in [5.41, 5.74) is 2.07. The molecule has 0 aliphatic carbocycles. The highest BCUT2D eigenvalue weighted by atomic mass is 35.5. The van der Waals surface area contributed by atoms with Gasteiger partial charge in [0.1, 0.15) is 5.54 Å². The number of aromatic nitrogens is 1. The summed E-state index contributed by atoms with van der Waals surface area (Å²) in [5.74, 6) is -3.63. The molecule has 0 saturated carbocycles. The minimum Gasteiger partial charge on any atom is -0.462 e. The molecule has 9 nitrogen and oxygen atoms in total. The highest BCUT2D eigenvalue weighted by molar-refractivity contribution is 6.35. The Morgan fingerprint density at radius 1 is 1.00 bits per heavy atom. The lowest BCUT2D eigenvalue weighted by Crippen LogP contribution is -2.53. The van der Waals surface area contributed by atoms with Gasteiger partial charge in [0.05, 0.1) is 40.4 Å². The first kappa shape index (κ1) is 25.5. The average Bonchev–Trinajstić information content (AvgIpc) is 3.68. The molecule has 10 heteroatoms. The van der Waals surface area contributed by atoms with E-state index in [1.807, 2.05) is 30.5 Å². The number of carbonyl (C=O) groups is 4. The lowest BCUT2D eigenvalue weighted by molar-refractivity contribution is -0.130. The van der Waals surface area contributed by atoms with Crippen LogP contribution in [0.4, 0.5) is 11.4 Å². The van der Waals surface area contributed by atoms with Gasteiger partial charge in [-0.05, 0) is 55.3 Å². The topological polar surface area (TPSA) is 121 Å². The summed E-state index contributed by atoms with van der Waals surface area (Å²) in [7, 11) is 0. The number of hydrogen-bond acceptors (Lipinski definition) is 6. The molecule has 7 rings (SSSR count). The second-order valence-corrected chi connectivity index (χ2v) is 10.9. The molecule has 3 aliphatic heterocycles. The Kier molecular flexibility index (Phi) is 5.78. The first-order chi connectivity index (χ1) is 19.8. The molecule has 4 atom stereocenters. The lowest BCUT2D eigenvalue weighted by Gasteiger charge is -2.29. The first-order valence-corrected chi connectivity index (χ1v) is 13.8. The average molecular weight is 569 g/mol. The van der Waals surface area contributed by atoms with Crippen LogP contribution in [0.5, 0.6) is 0 Å². The van der Waals surface area contributed by atoms with Gasteiger partial charge in [0, 0.05) is 28.7 Å². The number of nitrogens with zero attached hydrogens (tertiary/aromatic N) is 1. The molecular weight excluding hydrogens is 544 g/mol. The number of H-pyrrole nitrogens is 1. The Labute approximate surface area is 239 Å². The van der Waals surface area contributed by atoms with Gasteiger partial charge in [0.2, 0.25) is 17.7 Å². The van der Waals surface area contributed by atoms with Crippen molar-refractivity contribution in [2.24, 2.45) is 11.8 Å². The zero-order valence-corrected chi connectivity index (χ0v) is 22.7. The number of aromatic amines is 1. The highest BCUT2D eigenvalue weighted by Crippen LogP contribution is 2.55. The molecule has 1 aromatic heterocycles. The lowest BCUT2D eigenvalue weighted by atomic mass is 9.76. The number of halogens is 1. The molecule has 0 bridgehead atoms. The highest BCUT2D eigenvalue weighted by Gasteiger charge is 2.70. The van der Waals surface area contributed by atoms with Gasteiger partial charge >= 0.3 is 5.97 Å². The summed E-state index contributed by atoms with van der Waals surface area (Å²) < 4.78 is 5.06. The maximum atomic E-state index is 14.2. The molecule has 206 valence electrons. The van der Waals surface area contributed by atoms with Gasteiger partial charge in [-0.15, -0.1) is 0 Å². The predicted molar refractivity (Wildman–Crippen MR) is 153 cm³/mol. The summed E-state index contributed by atoms with van der Waals surface area (Å²) in [6, 6.07) is 18.7. The van der Waals surface area contributed by atoms with Gasteiger partial charge in [-0.25, -0.2) is 9.69 Å². The third-order valence-corrected chi connectivity index (χ3v) is 8.77. The van der Waals surface area contributed by atoms with Crippen LogP contribution < -0.4 is 15.5 Å². The van der Waals surface area contributed by atoms with Gasteiger partial charge in [-0.3, -0.25) is 19.7 Å². The van der Waals surface area contributed by atoms with Crippen molar-refractivity contribution in [2.75, 3.05) is 16.8 Å². The van der Waals surface area contributed by atoms with Gasteiger partial charge in [-0.1, -0.05) is 41.9 Å². The Morgan fingerprint density at radius 2 is 1.78 bits per heavy atom. The van der Waals surface area contributed by atoms with E-state index in [4.69, 9.17) is 16.3 Å². The molecule has 4 heterocycles. The van der Waals surface area contributed by atoms with Crippen LogP contribution >= 0.6 is 11.6 Å². The fourth-order valence-electron chi connectivity index (χ4n) is 6.72. The van der Waals surface area contributed by atoms with Crippen LogP contribution in [-0.2, 0) is 31.1 Å². The maximum absolute atomic E-state index is 14.2. The SMILES string of the molecule is CCOC(=O)c1ccc(N2C(=O)[C@H]3[C@@H](C2=O)[C@@]2(N[C@@H]3Cc3c[nH]c4ccccc34)C(=O)Nc3c(Cl)cccc32)cc1.